The summed E-state index contributed by atoms with van der Waals surface area (Å²) >= 11 is 0. The van der Waals surface area contributed by atoms with Crippen molar-refractivity contribution in [2.24, 2.45) is 10.2 Å². The molecule has 0 aromatic carbocycles. The quantitative estimate of drug-likeness (QED) is 0.0927. The van der Waals surface area contributed by atoms with Gasteiger partial charge in [0.1, 0.15) is 18.8 Å². The highest BCUT2D eigenvalue weighted by Crippen LogP contribution is 2.35. The molecular weight excluding hydrogens is 612 g/mol. The summed E-state index contributed by atoms with van der Waals surface area (Å²) in [6, 6.07) is 0. The van der Waals surface area contributed by atoms with Crippen LogP contribution in [0.2, 0.25) is 0 Å². The fourth-order valence-electron chi connectivity index (χ4n) is 4.56. The van der Waals surface area contributed by atoms with Crippen molar-refractivity contribution in [3.05, 3.63) is 20.9 Å². The van der Waals surface area contributed by atoms with E-state index >= 15 is 0 Å². The minimum Gasteiger partial charge on any atom is -0.463 e. The molecule has 0 unspecified atom stereocenters. The minimum absolute atomic E-state index is 0.533. The summed E-state index contributed by atoms with van der Waals surface area (Å²) in [5.74, 6) is -5.30. The monoisotopic (exact) mass is 644 g/mol. The second-order valence-electron chi connectivity index (χ2n) is 9.50. The van der Waals surface area contributed by atoms with Gasteiger partial charge < -0.3 is 42.6 Å². The Morgan fingerprint density at radius 3 is 1.58 bits per heavy atom. The van der Waals surface area contributed by atoms with Gasteiger partial charge in [-0.25, -0.2) is 0 Å². The van der Waals surface area contributed by atoms with Gasteiger partial charge in [-0.3, -0.25) is 28.8 Å². The van der Waals surface area contributed by atoms with Gasteiger partial charge in [0, 0.05) is 51.4 Å². The largest absolute Gasteiger partial charge is 0.463 e. The molecule has 0 aromatic rings. The van der Waals surface area contributed by atoms with Crippen molar-refractivity contribution >= 4 is 35.8 Å². The van der Waals surface area contributed by atoms with Crippen molar-refractivity contribution in [1.29, 1.82) is 0 Å². The average Bonchev–Trinajstić information content (AvgIpc) is 2.91. The molecule has 248 valence electrons. The van der Waals surface area contributed by atoms with E-state index in [-0.39, 0.29) is 0 Å². The third-order valence-corrected chi connectivity index (χ3v) is 5.94. The maximum absolute atomic E-state index is 12.2. The van der Waals surface area contributed by atoms with E-state index in [2.05, 4.69) is 20.1 Å². The van der Waals surface area contributed by atoms with E-state index in [1.807, 2.05) is 0 Å². The maximum Gasteiger partial charge on any atom is 0.303 e. The lowest BCUT2D eigenvalue weighted by atomic mass is 9.95. The average molecular weight is 645 g/mol. The predicted octanol–water partition coefficient (Wildman–Crippen LogP) is 0.664. The molecule has 45 heavy (non-hydrogen) atoms. The molecule has 21 heteroatoms. The minimum atomic E-state index is -1.81. The summed E-state index contributed by atoms with van der Waals surface area (Å²) in [6.07, 6.45) is -15.9. The summed E-state index contributed by atoms with van der Waals surface area (Å²) < 4.78 is 49.6. The first kappa shape index (κ1) is 36.5. The Bertz CT molecular complexity index is 1240. The Labute approximate surface area is 254 Å². The van der Waals surface area contributed by atoms with Gasteiger partial charge in [0.25, 0.3) is 0 Å². The molecule has 0 saturated carbocycles. The normalized spacial score (nSPS) is 30.6. The molecule has 0 aliphatic carbocycles. The second kappa shape index (κ2) is 17.0. The summed E-state index contributed by atoms with van der Waals surface area (Å²) in [5, 5.41) is 6.89. The molecule has 2 rings (SSSR count). The van der Waals surface area contributed by atoms with Crippen molar-refractivity contribution in [3.8, 4) is 0 Å². The number of hydrogen-bond acceptors (Lipinski definition) is 17. The van der Waals surface area contributed by atoms with Crippen LogP contribution in [0.5, 0.6) is 0 Å². The number of ether oxygens (including phenoxy) is 9. The molecule has 2 heterocycles. The van der Waals surface area contributed by atoms with Crippen LogP contribution in [-0.4, -0.2) is 110 Å². The third-order valence-electron chi connectivity index (χ3n) is 5.94. The summed E-state index contributed by atoms with van der Waals surface area (Å²) in [5.41, 5.74) is 18.1. The SMILES string of the molecule is CC(=O)OC[C@H]1O[C@@H](O[C@H]2[C@H](OC(C)=O)[C@@H](OC(C)=O)[C@H](N=[N+]=[N-])O[C@@H]2CN=[N+]=[N-])[C@H](OC(C)=O)[C@@H](OC(C)=O)[C@H]1OC(C)=O. The standard InChI is InChI=1S/C24H32N6O15/c1-9(31)37-8-16-18(38-10(2)32)20(40-12(4)34)22(42-14(6)36)24(44-16)45-17-15(7-27-29-25)43-23(28-30-26)21(41-13(5)35)19(17)39-11(3)33/h15-24H,7-8H2,1-6H3/t15-,16-,17-,18+,19+,20+,21-,22-,23-,24+/m1/s1. The number of carbonyl (C=O) groups is 6. The zero-order chi connectivity index (χ0) is 33.8. The van der Waals surface area contributed by atoms with Gasteiger partial charge in [-0.2, -0.15) is 0 Å². The molecule has 0 radical (unpaired) electrons. The van der Waals surface area contributed by atoms with E-state index in [1.54, 1.807) is 0 Å². The molecule has 10 atom stereocenters. The van der Waals surface area contributed by atoms with E-state index in [9.17, 15) is 28.8 Å². The van der Waals surface area contributed by atoms with Gasteiger partial charge in [-0.1, -0.05) is 10.2 Å². The zero-order valence-electron chi connectivity index (χ0n) is 25.0. The van der Waals surface area contributed by atoms with Crippen LogP contribution < -0.4 is 0 Å². The van der Waals surface area contributed by atoms with E-state index < -0.39 is 110 Å². The van der Waals surface area contributed by atoms with Crippen LogP contribution in [-0.2, 0) is 71.4 Å². The van der Waals surface area contributed by atoms with Gasteiger partial charge in [-0.15, -0.1) is 0 Å². The van der Waals surface area contributed by atoms with Crippen LogP contribution in [0.15, 0.2) is 10.2 Å². The fourth-order valence-corrected chi connectivity index (χ4v) is 4.56. The topological polar surface area (TPSA) is 283 Å². The lowest BCUT2D eigenvalue weighted by Gasteiger charge is -2.48. The fraction of sp³-hybridized carbons (Fsp3) is 0.750. The zero-order valence-corrected chi connectivity index (χ0v) is 25.0. The molecule has 2 fully saturated rings. The highest BCUT2D eigenvalue weighted by molar-refractivity contribution is 5.69. The Morgan fingerprint density at radius 2 is 1.09 bits per heavy atom. The van der Waals surface area contributed by atoms with Crippen LogP contribution in [0.3, 0.4) is 0 Å². The molecular formula is C24H32N6O15. The lowest BCUT2D eigenvalue weighted by Crippen LogP contribution is -2.66. The van der Waals surface area contributed by atoms with E-state index in [4.69, 9.17) is 53.7 Å². The number of esters is 6. The van der Waals surface area contributed by atoms with Crippen LogP contribution in [0.4, 0.5) is 0 Å². The molecule has 21 nitrogen and oxygen atoms in total. The molecule has 0 bridgehead atoms. The number of rotatable bonds is 12. The number of azide groups is 2. The molecule has 2 aliphatic heterocycles. The molecule has 2 saturated heterocycles. The van der Waals surface area contributed by atoms with Crippen molar-refractivity contribution in [1.82, 2.24) is 0 Å². The first-order chi connectivity index (χ1) is 21.2. The second-order valence-corrected chi connectivity index (χ2v) is 9.50. The summed E-state index contributed by atoms with van der Waals surface area (Å²) in [7, 11) is 0. The predicted molar refractivity (Wildman–Crippen MR) is 140 cm³/mol. The highest BCUT2D eigenvalue weighted by Gasteiger charge is 2.57. The van der Waals surface area contributed by atoms with E-state index in [0.717, 1.165) is 41.5 Å². The van der Waals surface area contributed by atoms with Crippen molar-refractivity contribution in [2.45, 2.75) is 103 Å². The first-order valence-electron chi connectivity index (χ1n) is 13.2. The highest BCUT2D eigenvalue weighted by atomic mass is 16.8. The molecule has 0 aromatic heterocycles. The Kier molecular flexibility index (Phi) is 13.8. The van der Waals surface area contributed by atoms with E-state index in [0.29, 0.717) is 0 Å². The summed E-state index contributed by atoms with van der Waals surface area (Å²) in [4.78, 5) is 77.5. The number of hydrogen-bond donors (Lipinski definition) is 0. The van der Waals surface area contributed by atoms with Crippen LogP contribution in [0.25, 0.3) is 20.9 Å². The van der Waals surface area contributed by atoms with Crippen LogP contribution >= 0.6 is 0 Å². The van der Waals surface area contributed by atoms with Crippen LogP contribution in [0.1, 0.15) is 41.5 Å². The van der Waals surface area contributed by atoms with Crippen LogP contribution in [0, 0.1) is 0 Å². The van der Waals surface area contributed by atoms with Gasteiger partial charge >= 0.3 is 35.8 Å². The Morgan fingerprint density at radius 1 is 0.600 bits per heavy atom. The molecule has 0 N–H and O–H groups in total. The lowest BCUT2D eigenvalue weighted by molar-refractivity contribution is -0.342. The molecule has 0 amide bonds. The van der Waals surface area contributed by atoms with Gasteiger partial charge in [0.2, 0.25) is 0 Å². The molecule has 2 aliphatic rings. The number of nitrogens with zero attached hydrogens (tertiary/aromatic N) is 6. The summed E-state index contributed by atoms with van der Waals surface area (Å²) in [6.45, 7) is 5.05. The van der Waals surface area contributed by atoms with Crippen molar-refractivity contribution in [3.63, 3.8) is 0 Å². The van der Waals surface area contributed by atoms with Crippen molar-refractivity contribution in [2.75, 3.05) is 13.2 Å². The maximum atomic E-state index is 12.2. The van der Waals surface area contributed by atoms with Crippen molar-refractivity contribution < 1.29 is 71.4 Å². The molecule has 0 spiro atoms. The van der Waals surface area contributed by atoms with E-state index in [1.165, 1.54) is 0 Å². The Balaban J connectivity index is 2.72. The number of carbonyl (C=O) groups excluding carboxylic acids is 6. The van der Waals surface area contributed by atoms with Gasteiger partial charge in [0.15, 0.2) is 43.0 Å². The Hall–Kier alpha value is -4.68. The first-order valence-corrected chi connectivity index (χ1v) is 13.2. The third kappa shape index (κ3) is 10.8. The smallest absolute Gasteiger partial charge is 0.303 e. The van der Waals surface area contributed by atoms with Gasteiger partial charge in [0.05, 0.1) is 12.6 Å². The van der Waals surface area contributed by atoms with Gasteiger partial charge in [-0.05, 0) is 11.1 Å².